The summed E-state index contributed by atoms with van der Waals surface area (Å²) in [5, 5.41) is 14.9. The van der Waals surface area contributed by atoms with Gasteiger partial charge in [0.1, 0.15) is 0 Å². The van der Waals surface area contributed by atoms with Crippen LogP contribution in [0.15, 0.2) is 24.4 Å². The molecule has 3 rings (SSSR count). The Morgan fingerprint density at radius 2 is 1.80 bits per heavy atom. The van der Waals surface area contributed by atoms with E-state index in [1.54, 1.807) is 24.4 Å². The van der Waals surface area contributed by atoms with E-state index in [9.17, 15) is 9.90 Å². The summed E-state index contributed by atoms with van der Waals surface area (Å²) >= 11 is 12.0. The Morgan fingerprint density at radius 1 is 1.16 bits per heavy atom. The molecule has 1 aliphatic carbocycles. The predicted molar refractivity (Wildman–Crippen MR) is 101 cm³/mol. The first-order valence-corrected chi connectivity index (χ1v) is 9.27. The molecular formula is C19H22Cl2N2O2. The van der Waals surface area contributed by atoms with Gasteiger partial charge in [-0.1, -0.05) is 23.2 Å². The zero-order chi connectivity index (χ0) is 18.2. The SMILES string of the molecule is CC(C)(O)C1CCC(NC(=O)c2cnc3cc(Cl)c(Cl)cc3c2)CC1. The van der Waals surface area contributed by atoms with Gasteiger partial charge in [0.15, 0.2) is 0 Å². The minimum absolute atomic E-state index is 0.132. The molecule has 1 heterocycles. The van der Waals surface area contributed by atoms with E-state index < -0.39 is 5.60 Å². The molecule has 1 aliphatic rings. The molecule has 1 amide bonds. The van der Waals surface area contributed by atoms with Gasteiger partial charge in [0.05, 0.1) is 26.7 Å². The molecular weight excluding hydrogens is 359 g/mol. The molecule has 1 aromatic heterocycles. The lowest BCUT2D eigenvalue weighted by Crippen LogP contribution is -2.41. The van der Waals surface area contributed by atoms with Crippen LogP contribution in [-0.2, 0) is 0 Å². The molecule has 0 aliphatic heterocycles. The smallest absolute Gasteiger partial charge is 0.253 e. The molecule has 1 aromatic carbocycles. The topological polar surface area (TPSA) is 62.2 Å². The third-order valence-electron chi connectivity index (χ3n) is 5.05. The second-order valence-electron chi connectivity index (χ2n) is 7.36. The molecule has 134 valence electrons. The number of pyridine rings is 1. The van der Waals surface area contributed by atoms with Crippen molar-refractivity contribution in [3.8, 4) is 0 Å². The highest BCUT2D eigenvalue weighted by atomic mass is 35.5. The molecule has 2 N–H and O–H groups in total. The number of halogens is 2. The molecule has 0 radical (unpaired) electrons. The van der Waals surface area contributed by atoms with Crippen LogP contribution in [0.5, 0.6) is 0 Å². The summed E-state index contributed by atoms with van der Waals surface area (Å²) < 4.78 is 0. The van der Waals surface area contributed by atoms with Crippen LogP contribution in [-0.4, -0.2) is 27.6 Å². The van der Waals surface area contributed by atoms with Gasteiger partial charge in [0, 0.05) is 17.6 Å². The first kappa shape index (κ1) is 18.4. The molecule has 0 atom stereocenters. The zero-order valence-electron chi connectivity index (χ0n) is 14.4. The standard InChI is InChI=1S/C19H22Cl2N2O2/c1-19(2,25)13-3-5-14(6-4-13)23-18(24)12-7-11-8-15(20)16(21)9-17(11)22-10-12/h7-10,13-14,25H,3-6H2,1-2H3,(H,23,24). The van der Waals surface area contributed by atoms with E-state index in [0.717, 1.165) is 31.1 Å². The maximum absolute atomic E-state index is 12.5. The Labute approximate surface area is 157 Å². The molecule has 1 fully saturated rings. The van der Waals surface area contributed by atoms with E-state index in [0.29, 0.717) is 21.1 Å². The second-order valence-corrected chi connectivity index (χ2v) is 8.17. The average Bonchev–Trinajstić information content (AvgIpc) is 2.55. The quantitative estimate of drug-likeness (QED) is 0.817. The van der Waals surface area contributed by atoms with Gasteiger partial charge < -0.3 is 10.4 Å². The minimum Gasteiger partial charge on any atom is -0.390 e. The summed E-state index contributed by atoms with van der Waals surface area (Å²) in [7, 11) is 0. The Kier molecular flexibility index (Phi) is 5.24. The molecule has 0 saturated heterocycles. The molecule has 0 unspecified atom stereocenters. The van der Waals surface area contributed by atoms with Crippen LogP contribution in [0.3, 0.4) is 0 Å². The number of nitrogens with one attached hydrogen (secondary N) is 1. The molecule has 2 aromatic rings. The zero-order valence-corrected chi connectivity index (χ0v) is 15.9. The van der Waals surface area contributed by atoms with Gasteiger partial charge in [-0.25, -0.2) is 0 Å². The number of hydrogen-bond donors (Lipinski definition) is 2. The fourth-order valence-corrected chi connectivity index (χ4v) is 3.79. The first-order chi connectivity index (χ1) is 11.7. The summed E-state index contributed by atoms with van der Waals surface area (Å²) in [6.07, 6.45) is 5.15. The minimum atomic E-state index is -0.655. The van der Waals surface area contributed by atoms with Crippen molar-refractivity contribution in [2.75, 3.05) is 0 Å². The van der Waals surface area contributed by atoms with Crippen molar-refractivity contribution >= 4 is 40.0 Å². The molecule has 6 heteroatoms. The third-order valence-corrected chi connectivity index (χ3v) is 5.77. The van der Waals surface area contributed by atoms with E-state index in [4.69, 9.17) is 23.2 Å². The number of benzene rings is 1. The molecule has 0 bridgehead atoms. The van der Waals surface area contributed by atoms with Crippen LogP contribution >= 0.6 is 23.2 Å². The van der Waals surface area contributed by atoms with E-state index in [1.165, 1.54) is 0 Å². The fraction of sp³-hybridized carbons (Fsp3) is 0.474. The number of carbonyl (C=O) groups is 1. The number of rotatable bonds is 3. The Hall–Kier alpha value is -1.36. The van der Waals surface area contributed by atoms with E-state index in [1.807, 2.05) is 13.8 Å². The van der Waals surface area contributed by atoms with Gasteiger partial charge in [-0.2, -0.15) is 0 Å². The Balaban J connectivity index is 1.68. The van der Waals surface area contributed by atoms with Crippen molar-refractivity contribution in [3.05, 3.63) is 40.0 Å². The highest BCUT2D eigenvalue weighted by Crippen LogP contribution is 2.32. The van der Waals surface area contributed by atoms with Crippen molar-refractivity contribution < 1.29 is 9.90 Å². The van der Waals surface area contributed by atoms with Crippen LogP contribution in [0, 0.1) is 5.92 Å². The van der Waals surface area contributed by atoms with Gasteiger partial charge in [-0.3, -0.25) is 9.78 Å². The van der Waals surface area contributed by atoms with Gasteiger partial charge in [0.25, 0.3) is 5.91 Å². The Bertz CT molecular complexity index is 794. The highest BCUT2D eigenvalue weighted by Gasteiger charge is 2.31. The summed E-state index contributed by atoms with van der Waals surface area (Å²) in [6.45, 7) is 3.71. The molecule has 25 heavy (non-hydrogen) atoms. The van der Waals surface area contributed by atoms with Crippen LogP contribution in [0.25, 0.3) is 10.9 Å². The number of carbonyl (C=O) groups excluding carboxylic acids is 1. The van der Waals surface area contributed by atoms with Crippen molar-refractivity contribution in [2.24, 2.45) is 5.92 Å². The monoisotopic (exact) mass is 380 g/mol. The van der Waals surface area contributed by atoms with E-state index in [-0.39, 0.29) is 17.9 Å². The lowest BCUT2D eigenvalue weighted by Gasteiger charge is -2.36. The van der Waals surface area contributed by atoms with Crippen molar-refractivity contribution in [1.29, 1.82) is 0 Å². The van der Waals surface area contributed by atoms with E-state index >= 15 is 0 Å². The normalized spacial score (nSPS) is 21.3. The number of amides is 1. The number of nitrogens with zero attached hydrogens (tertiary/aromatic N) is 1. The van der Waals surface area contributed by atoms with Crippen LogP contribution in [0.4, 0.5) is 0 Å². The van der Waals surface area contributed by atoms with Crippen molar-refractivity contribution in [1.82, 2.24) is 10.3 Å². The maximum atomic E-state index is 12.5. The summed E-state index contributed by atoms with van der Waals surface area (Å²) in [4.78, 5) is 16.8. The average molecular weight is 381 g/mol. The lowest BCUT2D eigenvalue weighted by molar-refractivity contribution is -0.00257. The largest absolute Gasteiger partial charge is 0.390 e. The van der Waals surface area contributed by atoms with Crippen LogP contribution in [0.1, 0.15) is 49.9 Å². The van der Waals surface area contributed by atoms with Gasteiger partial charge >= 0.3 is 0 Å². The molecule has 4 nitrogen and oxygen atoms in total. The molecule has 1 saturated carbocycles. The van der Waals surface area contributed by atoms with E-state index in [2.05, 4.69) is 10.3 Å². The summed E-state index contributed by atoms with van der Waals surface area (Å²) in [5.74, 6) is 0.155. The Morgan fingerprint density at radius 3 is 2.44 bits per heavy atom. The number of aromatic nitrogens is 1. The summed E-state index contributed by atoms with van der Waals surface area (Å²) in [6, 6.07) is 5.33. The highest BCUT2D eigenvalue weighted by molar-refractivity contribution is 6.42. The third kappa shape index (κ3) is 4.25. The van der Waals surface area contributed by atoms with Crippen LogP contribution in [0.2, 0.25) is 10.0 Å². The fourth-order valence-electron chi connectivity index (χ4n) is 3.46. The lowest BCUT2D eigenvalue weighted by atomic mass is 9.77. The maximum Gasteiger partial charge on any atom is 0.253 e. The number of aliphatic hydroxyl groups is 1. The second kappa shape index (κ2) is 7.10. The van der Waals surface area contributed by atoms with Crippen molar-refractivity contribution in [2.45, 2.75) is 51.2 Å². The first-order valence-electron chi connectivity index (χ1n) is 8.52. The summed E-state index contributed by atoms with van der Waals surface area (Å²) in [5.41, 5.74) is 0.560. The van der Waals surface area contributed by atoms with Crippen molar-refractivity contribution in [3.63, 3.8) is 0 Å². The van der Waals surface area contributed by atoms with Gasteiger partial charge in [0.2, 0.25) is 0 Å². The van der Waals surface area contributed by atoms with Gasteiger partial charge in [-0.05, 0) is 63.6 Å². The molecule has 0 spiro atoms. The van der Waals surface area contributed by atoms with Crippen LogP contribution < -0.4 is 5.32 Å². The van der Waals surface area contributed by atoms with Gasteiger partial charge in [-0.15, -0.1) is 0 Å². The number of hydrogen-bond acceptors (Lipinski definition) is 3. The number of fused-ring (bicyclic) bond motifs is 1. The predicted octanol–water partition coefficient (Wildman–Crippen LogP) is 4.60.